The third-order valence-electron chi connectivity index (χ3n) is 5.87. The van der Waals surface area contributed by atoms with Gasteiger partial charge in [0.2, 0.25) is 0 Å². The highest BCUT2D eigenvalue weighted by molar-refractivity contribution is 7.80. The number of hydrogen-bond donors (Lipinski definition) is 1. The SMILES string of the molecule is O=C1OC2(CCCCC2)CN1C1CCN(C(=S)Nc2cccnc2)CC1. The molecule has 4 rings (SSSR count). The van der Waals surface area contributed by atoms with Crippen LogP contribution in [-0.2, 0) is 4.74 Å². The maximum Gasteiger partial charge on any atom is 0.410 e. The van der Waals surface area contributed by atoms with Crippen LogP contribution in [0.4, 0.5) is 10.5 Å². The fourth-order valence-electron chi connectivity index (χ4n) is 4.41. The maximum atomic E-state index is 12.4. The Bertz CT molecular complexity index is 655. The number of anilines is 1. The monoisotopic (exact) mass is 374 g/mol. The van der Waals surface area contributed by atoms with Crippen LogP contribution in [-0.4, -0.2) is 57.3 Å². The lowest BCUT2D eigenvalue weighted by Gasteiger charge is -2.37. The van der Waals surface area contributed by atoms with Gasteiger partial charge in [-0.05, 0) is 62.9 Å². The van der Waals surface area contributed by atoms with Crippen molar-refractivity contribution in [2.24, 2.45) is 0 Å². The largest absolute Gasteiger partial charge is 0.441 e. The van der Waals surface area contributed by atoms with Crippen LogP contribution >= 0.6 is 12.2 Å². The standard InChI is InChI=1S/C19H26N4O2S/c24-18-23(14-19(25-18)8-2-1-3-9-19)16-6-11-22(12-7-16)17(26)21-15-5-4-10-20-13-15/h4-5,10,13,16H,1-3,6-9,11-12,14H2,(H,21,26). The summed E-state index contributed by atoms with van der Waals surface area (Å²) in [5, 5.41) is 3.97. The van der Waals surface area contributed by atoms with Crippen LogP contribution in [0, 0.1) is 0 Å². The minimum absolute atomic E-state index is 0.110. The third-order valence-corrected chi connectivity index (χ3v) is 6.23. The minimum Gasteiger partial charge on any atom is -0.441 e. The van der Waals surface area contributed by atoms with Crippen molar-refractivity contribution in [1.29, 1.82) is 0 Å². The minimum atomic E-state index is -0.205. The van der Waals surface area contributed by atoms with Gasteiger partial charge in [0, 0.05) is 25.3 Å². The summed E-state index contributed by atoms with van der Waals surface area (Å²) < 4.78 is 5.84. The molecular weight excluding hydrogens is 348 g/mol. The van der Waals surface area contributed by atoms with Gasteiger partial charge in [-0.15, -0.1) is 0 Å². The van der Waals surface area contributed by atoms with Crippen molar-refractivity contribution < 1.29 is 9.53 Å². The number of carbonyl (C=O) groups excluding carboxylic acids is 1. The Morgan fingerprint density at radius 2 is 2.04 bits per heavy atom. The quantitative estimate of drug-likeness (QED) is 0.801. The molecule has 140 valence electrons. The van der Waals surface area contributed by atoms with Crippen LogP contribution < -0.4 is 5.32 Å². The number of rotatable bonds is 2. The van der Waals surface area contributed by atoms with E-state index in [1.807, 2.05) is 17.0 Å². The molecule has 0 aromatic carbocycles. The Labute approximate surface area is 159 Å². The number of carbonyl (C=O) groups is 1. The Kier molecular flexibility index (Phi) is 4.98. The van der Waals surface area contributed by atoms with E-state index in [4.69, 9.17) is 17.0 Å². The van der Waals surface area contributed by atoms with Gasteiger partial charge in [0.1, 0.15) is 5.60 Å². The summed E-state index contributed by atoms with van der Waals surface area (Å²) in [6.45, 7) is 2.48. The highest BCUT2D eigenvalue weighted by Gasteiger charge is 2.48. The summed E-state index contributed by atoms with van der Waals surface area (Å²) in [6, 6.07) is 4.11. The van der Waals surface area contributed by atoms with Crippen LogP contribution in [0.3, 0.4) is 0 Å². The number of nitrogens with zero attached hydrogens (tertiary/aromatic N) is 3. The Morgan fingerprint density at radius 3 is 2.73 bits per heavy atom. The second-order valence-electron chi connectivity index (χ2n) is 7.63. The normalized spacial score (nSPS) is 23.2. The van der Waals surface area contributed by atoms with Gasteiger partial charge in [0.05, 0.1) is 18.4 Å². The van der Waals surface area contributed by atoms with E-state index in [0.29, 0.717) is 0 Å². The molecule has 3 aliphatic rings. The molecule has 26 heavy (non-hydrogen) atoms. The second-order valence-corrected chi connectivity index (χ2v) is 8.02. The molecule has 1 N–H and O–H groups in total. The van der Waals surface area contributed by atoms with Gasteiger partial charge < -0.3 is 19.9 Å². The van der Waals surface area contributed by atoms with E-state index in [2.05, 4.69) is 15.2 Å². The molecule has 0 bridgehead atoms. The van der Waals surface area contributed by atoms with Crippen molar-refractivity contribution in [3.8, 4) is 0 Å². The summed E-state index contributed by atoms with van der Waals surface area (Å²) in [6.07, 6.45) is 10.9. The molecule has 1 aliphatic carbocycles. The van der Waals surface area contributed by atoms with Crippen molar-refractivity contribution in [2.45, 2.75) is 56.6 Å². The zero-order chi connectivity index (χ0) is 18.0. The first-order valence-corrected chi connectivity index (χ1v) is 10.0. The molecule has 0 atom stereocenters. The summed E-state index contributed by atoms with van der Waals surface area (Å²) in [7, 11) is 0. The van der Waals surface area contributed by atoms with E-state index < -0.39 is 0 Å². The highest BCUT2D eigenvalue weighted by atomic mass is 32.1. The molecular formula is C19H26N4O2S. The Hall–Kier alpha value is -1.89. The van der Waals surface area contributed by atoms with Crippen molar-refractivity contribution >= 4 is 29.1 Å². The van der Waals surface area contributed by atoms with Crippen LogP contribution in [0.25, 0.3) is 0 Å². The van der Waals surface area contributed by atoms with E-state index in [1.165, 1.54) is 19.3 Å². The molecule has 1 spiro atoms. The van der Waals surface area contributed by atoms with E-state index >= 15 is 0 Å². The molecule has 2 aliphatic heterocycles. The predicted octanol–water partition coefficient (Wildman–Crippen LogP) is 3.40. The van der Waals surface area contributed by atoms with Gasteiger partial charge in [-0.25, -0.2) is 4.79 Å². The maximum absolute atomic E-state index is 12.4. The summed E-state index contributed by atoms with van der Waals surface area (Å²) in [5.41, 5.74) is 0.700. The fraction of sp³-hybridized carbons (Fsp3) is 0.632. The lowest BCUT2D eigenvalue weighted by Crippen LogP contribution is -2.49. The van der Waals surface area contributed by atoms with Gasteiger partial charge >= 0.3 is 6.09 Å². The van der Waals surface area contributed by atoms with E-state index in [1.54, 1.807) is 12.4 Å². The number of nitrogens with one attached hydrogen (secondary N) is 1. The highest BCUT2D eigenvalue weighted by Crippen LogP contribution is 2.38. The van der Waals surface area contributed by atoms with E-state index in [9.17, 15) is 4.79 Å². The summed E-state index contributed by atoms with van der Waals surface area (Å²) >= 11 is 5.53. The average Bonchev–Trinajstić information content (AvgIpc) is 2.99. The lowest BCUT2D eigenvalue weighted by molar-refractivity contribution is 0.0259. The Balaban J connectivity index is 1.31. The number of aromatic nitrogens is 1. The average molecular weight is 375 g/mol. The smallest absolute Gasteiger partial charge is 0.410 e. The molecule has 1 saturated carbocycles. The molecule has 3 fully saturated rings. The van der Waals surface area contributed by atoms with Crippen LogP contribution in [0.5, 0.6) is 0 Å². The zero-order valence-electron chi connectivity index (χ0n) is 15.0. The van der Waals surface area contributed by atoms with Crippen LogP contribution in [0.15, 0.2) is 24.5 Å². The molecule has 1 amide bonds. The number of ether oxygens (including phenoxy) is 1. The number of pyridine rings is 1. The number of likely N-dealkylation sites (tertiary alicyclic amines) is 1. The first-order valence-electron chi connectivity index (χ1n) is 9.61. The van der Waals surface area contributed by atoms with Gasteiger partial charge in [0.25, 0.3) is 0 Å². The Morgan fingerprint density at radius 1 is 1.27 bits per heavy atom. The fourth-order valence-corrected chi connectivity index (χ4v) is 4.71. The molecule has 7 heteroatoms. The molecule has 0 radical (unpaired) electrons. The molecule has 3 heterocycles. The first kappa shape index (κ1) is 17.5. The van der Waals surface area contributed by atoms with Crippen molar-refractivity contribution in [1.82, 2.24) is 14.8 Å². The van der Waals surface area contributed by atoms with Crippen molar-refractivity contribution in [3.63, 3.8) is 0 Å². The van der Waals surface area contributed by atoms with Gasteiger partial charge in [-0.1, -0.05) is 6.42 Å². The number of piperidine rings is 1. The van der Waals surface area contributed by atoms with Gasteiger partial charge in [0.15, 0.2) is 5.11 Å². The topological polar surface area (TPSA) is 57.7 Å². The number of hydrogen-bond acceptors (Lipinski definition) is 4. The molecule has 1 aromatic rings. The van der Waals surface area contributed by atoms with Crippen molar-refractivity contribution in [3.05, 3.63) is 24.5 Å². The van der Waals surface area contributed by atoms with Crippen molar-refractivity contribution in [2.75, 3.05) is 25.0 Å². The predicted molar refractivity (Wildman–Crippen MR) is 104 cm³/mol. The summed E-state index contributed by atoms with van der Waals surface area (Å²) in [5.74, 6) is 0. The van der Waals surface area contributed by atoms with Gasteiger partial charge in [-0.2, -0.15) is 0 Å². The number of thiocarbonyl (C=S) groups is 1. The lowest BCUT2D eigenvalue weighted by atomic mass is 9.84. The van der Waals surface area contributed by atoms with Crippen LogP contribution in [0.1, 0.15) is 44.9 Å². The third kappa shape index (κ3) is 3.63. The summed E-state index contributed by atoms with van der Waals surface area (Å²) in [4.78, 5) is 20.7. The van der Waals surface area contributed by atoms with E-state index in [-0.39, 0.29) is 17.7 Å². The van der Waals surface area contributed by atoms with E-state index in [0.717, 1.165) is 56.1 Å². The molecule has 2 saturated heterocycles. The number of amides is 1. The molecule has 0 unspecified atom stereocenters. The van der Waals surface area contributed by atoms with Gasteiger partial charge in [-0.3, -0.25) is 4.98 Å². The molecule has 1 aromatic heterocycles. The second kappa shape index (κ2) is 7.39. The molecule has 6 nitrogen and oxygen atoms in total. The van der Waals surface area contributed by atoms with Crippen LogP contribution in [0.2, 0.25) is 0 Å². The zero-order valence-corrected chi connectivity index (χ0v) is 15.8. The first-order chi connectivity index (χ1) is 12.7.